The predicted octanol–water partition coefficient (Wildman–Crippen LogP) is 1.93. The lowest BCUT2D eigenvalue weighted by atomic mass is 10.1. The van der Waals surface area contributed by atoms with E-state index >= 15 is 0 Å². The summed E-state index contributed by atoms with van der Waals surface area (Å²) in [6, 6.07) is 7.64. The van der Waals surface area contributed by atoms with Crippen LogP contribution in [-0.4, -0.2) is 32.0 Å². The molecule has 0 radical (unpaired) electrons. The third-order valence-corrected chi connectivity index (χ3v) is 4.13. The van der Waals surface area contributed by atoms with E-state index < -0.39 is 11.5 Å². The topological polar surface area (TPSA) is 92.7 Å². The zero-order chi connectivity index (χ0) is 18.5. The van der Waals surface area contributed by atoms with Crippen molar-refractivity contribution in [1.82, 2.24) is 24.8 Å². The number of benzene rings is 1. The van der Waals surface area contributed by atoms with Gasteiger partial charge < -0.3 is 14.9 Å². The molecule has 3 aromatic rings. The number of aromatic nitrogens is 4. The summed E-state index contributed by atoms with van der Waals surface area (Å²) in [7, 11) is 0. The quantitative estimate of drug-likeness (QED) is 0.710. The van der Waals surface area contributed by atoms with Gasteiger partial charge in [0.1, 0.15) is 17.2 Å². The maximum absolute atomic E-state index is 12.2. The van der Waals surface area contributed by atoms with Gasteiger partial charge in [-0.15, -0.1) is 0 Å². The van der Waals surface area contributed by atoms with E-state index in [1.807, 2.05) is 48.9 Å². The summed E-state index contributed by atoms with van der Waals surface area (Å²) in [5, 5.41) is 2.75. The number of carbonyl (C=O) groups is 1. The van der Waals surface area contributed by atoms with Gasteiger partial charge >= 0.3 is 0 Å². The first-order valence-electron chi connectivity index (χ1n) is 8.53. The molecular weight excluding hydrogens is 330 g/mol. The van der Waals surface area contributed by atoms with Gasteiger partial charge in [0.05, 0.1) is 0 Å². The highest BCUT2D eigenvalue weighted by Gasteiger charge is 2.12. The molecule has 2 aromatic heterocycles. The number of carbonyl (C=O) groups excluding carboxylic acids is 1. The summed E-state index contributed by atoms with van der Waals surface area (Å²) in [6.07, 6.45) is 5.75. The Bertz CT molecular complexity index is 957. The molecule has 0 aliphatic heterocycles. The molecular formula is C19H21N5O2. The van der Waals surface area contributed by atoms with Gasteiger partial charge in [-0.25, -0.2) is 9.97 Å². The highest BCUT2D eigenvalue weighted by atomic mass is 16.2. The number of H-pyrrole nitrogens is 1. The van der Waals surface area contributed by atoms with Crippen LogP contribution in [0.25, 0.3) is 11.4 Å². The van der Waals surface area contributed by atoms with Gasteiger partial charge in [0.2, 0.25) is 0 Å². The smallest absolute Gasteiger partial charge is 0.264 e. The fourth-order valence-corrected chi connectivity index (χ4v) is 2.66. The zero-order valence-corrected chi connectivity index (χ0v) is 14.8. The molecule has 0 saturated heterocycles. The van der Waals surface area contributed by atoms with Crippen LogP contribution in [0.5, 0.6) is 0 Å². The van der Waals surface area contributed by atoms with E-state index in [0.717, 1.165) is 23.4 Å². The molecule has 1 amide bonds. The first-order valence-corrected chi connectivity index (χ1v) is 8.53. The Labute approximate surface area is 151 Å². The van der Waals surface area contributed by atoms with E-state index in [1.54, 1.807) is 6.20 Å². The lowest BCUT2D eigenvalue weighted by Crippen LogP contribution is -2.32. The first kappa shape index (κ1) is 17.6. The molecule has 0 spiro atoms. The second kappa shape index (κ2) is 7.77. The molecule has 0 fully saturated rings. The van der Waals surface area contributed by atoms with E-state index in [4.69, 9.17) is 0 Å². The summed E-state index contributed by atoms with van der Waals surface area (Å²) in [5.74, 6) is 0.964. The molecule has 7 heteroatoms. The number of imidazole rings is 1. The monoisotopic (exact) mass is 351 g/mol. The van der Waals surface area contributed by atoms with Crippen molar-refractivity contribution in [2.75, 3.05) is 6.54 Å². The van der Waals surface area contributed by atoms with Crippen molar-refractivity contribution in [2.45, 2.75) is 26.8 Å². The molecule has 0 saturated carbocycles. The molecule has 1 aromatic carbocycles. The molecule has 0 aliphatic carbocycles. The van der Waals surface area contributed by atoms with Crippen LogP contribution in [0.15, 0.2) is 47.7 Å². The van der Waals surface area contributed by atoms with Crippen molar-refractivity contribution in [3.63, 3.8) is 0 Å². The molecule has 7 nitrogen and oxygen atoms in total. The molecule has 0 aliphatic rings. The largest absolute Gasteiger partial charge is 0.350 e. The van der Waals surface area contributed by atoms with Crippen LogP contribution in [0.1, 0.15) is 28.7 Å². The number of nitrogens with zero attached hydrogens (tertiary/aromatic N) is 3. The van der Waals surface area contributed by atoms with E-state index in [0.29, 0.717) is 18.9 Å². The number of aryl methyl sites for hydroxylation is 2. The molecule has 134 valence electrons. The van der Waals surface area contributed by atoms with Gasteiger partial charge in [-0.05, 0) is 6.92 Å². The number of hydrogen-bond donors (Lipinski definition) is 2. The van der Waals surface area contributed by atoms with Crippen molar-refractivity contribution in [3.8, 4) is 11.4 Å². The lowest BCUT2D eigenvalue weighted by Gasteiger charge is -2.08. The molecule has 2 heterocycles. The van der Waals surface area contributed by atoms with Crippen LogP contribution in [0.4, 0.5) is 0 Å². The van der Waals surface area contributed by atoms with Crippen LogP contribution in [-0.2, 0) is 13.0 Å². The summed E-state index contributed by atoms with van der Waals surface area (Å²) >= 11 is 0. The van der Waals surface area contributed by atoms with Crippen molar-refractivity contribution in [3.05, 3.63) is 70.2 Å². The Hall–Kier alpha value is -3.22. The standard InChI is InChI=1S/C19H21N5O2/c1-3-16-20-8-10-24(16)11-9-21-18(25)15-12-22-17(23-19(15)26)14-6-4-13(2)5-7-14/h4-8,10,12H,3,9,11H2,1-2H3,(H,21,25)(H,22,23,26). The van der Waals surface area contributed by atoms with Crippen LogP contribution < -0.4 is 10.9 Å². The lowest BCUT2D eigenvalue weighted by molar-refractivity contribution is 0.0950. The second-order valence-electron chi connectivity index (χ2n) is 5.99. The first-order chi connectivity index (χ1) is 12.6. The minimum absolute atomic E-state index is 0.00204. The number of nitrogens with one attached hydrogen (secondary N) is 2. The molecule has 26 heavy (non-hydrogen) atoms. The second-order valence-corrected chi connectivity index (χ2v) is 5.99. The van der Waals surface area contributed by atoms with Gasteiger partial charge in [-0.3, -0.25) is 9.59 Å². The van der Waals surface area contributed by atoms with Crippen LogP contribution >= 0.6 is 0 Å². The summed E-state index contributed by atoms with van der Waals surface area (Å²) in [5.41, 5.74) is 1.47. The molecule has 3 rings (SSSR count). The minimum atomic E-state index is -0.454. The molecule has 0 bridgehead atoms. The van der Waals surface area contributed by atoms with E-state index in [2.05, 4.69) is 20.3 Å². The Morgan fingerprint density at radius 3 is 2.69 bits per heavy atom. The summed E-state index contributed by atoms with van der Waals surface area (Å²) in [6.45, 7) is 5.02. The maximum Gasteiger partial charge on any atom is 0.264 e. The van der Waals surface area contributed by atoms with Gasteiger partial charge in [-0.1, -0.05) is 36.8 Å². The zero-order valence-electron chi connectivity index (χ0n) is 14.8. The number of rotatable bonds is 6. The van der Waals surface area contributed by atoms with Crippen molar-refractivity contribution >= 4 is 5.91 Å². The van der Waals surface area contributed by atoms with Gasteiger partial charge in [0, 0.05) is 43.7 Å². The Balaban J connectivity index is 1.66. The normalized spacial score (nSPS) is 10.7. The Morgan fingerprint density at radius 2 is 2.00 bits per heavy atom. The fourth-order valence-electron chi connectivity index (χ4n) is 2.66. The average Bonchev–Trinajstić information content (AvgIpc) is 3.09. The third-order valence-electron chi connectivity index (χ3n) is 4.13. The van der Waals surface area contributed by atoms with E-state index in [9.17, 15) is 9.59 Å². The van der Waals surface area contributed by atoms with Crippen LogP contribution in [0, 0.1) is 6.92 Å². The van der Waals surface area contributed by atoms with Crippen LogP contribution in [0.3, 0.4) is 0 Å². The van der Waals surface area contributed by atoms with Gasteiger partial charge in [-0.2, -0.15) is 0 Å². The molecule has 0 unspecified atom stereocenters. The van der Waals surface area contributed by atoms with Crippen molar-refractivity contribution < 1.29 is 4.79 Å². The Morgan fingerprint density at radius 1 is 1.23 bits per heavy atom. The van der Waals surface area contributed by atoms with Crippen LogP contribution in [0.2, 0.25) is 0 Å². The number of amides is 1. The molecule has 0 atom stereocenters. The van der Waals surface area contributed by atoms with Gasteiger partial charge in [0.25, 0.3) is 11.5 Å². The number of aromatic amines is 1. The Kier molecular flexibility index (Phi) is 5.26. The summed E-state index contributed by atoms with van der Waals surface area (Å²) in [4.78, 5) is 35.6. The SMILES string of the molecule is CCc1nccn1CCNC(=O)c1cnc(-c2ccc(C)cc2)[nH]c1=O. The van der Waals surface area contributed by atoms with Gasteiger partial charge in [0.15, 0.2) is 0 Å². The minimum Gasteiger partial charge on any atom is -0.350 e. The average molecular weight is 351 g/mol. The molecule has 2 N–H and O–H groups in total. The van der Waals surface area contributed by atoms with E-state index in [1.165, 1.54) is 6.20 Å². The predicted molar refractivity (Wildman–Crippen MR) is 99.0 cm³/mol. The van der Waals surface area contributed by atoms with Crippen molar-refractivity contribution in [2.24, 2.45) is 0 Å². The fraction of sp³-hybridized carbons (Fsp3) is 0.263. The summed E-state index contributed by atoms with van der Waals surface area (Å²) < 4.78 is 1.98. The number of hydrogen-bond acceptors (Lipinski definition) is 4. The highest BCUT2D eigenvalue weighted by Crippen LogP contribution is 2.13. The van der Waals surface area contributed by atoms with Crippen molar-refractivity contribution in [1.29, 1.82) is 0 Å². The van der Waals surface area contributed by atoms with E-state index in [-0.39, 0.29) is 5.56 Å². The highest BCUT2D eigenvalue weighted by molar-refractivity contribution is 5.93. The third kappa shape index (κ3) is 3.88. The maximum atomic E-state index is 12.2.